The summed E-state index contributed by atoms with van der Waals surface area (Å²) in [6.07, 6.45) is 1.09. The van der Waals surface area contributed by atoms with Crippen LogP contribution < -0.4 is 9.57 Å². The third-order valence-electron chi connectivity index (χ3n) is 4.22. The summed E-state index contributed by atoms with van der Waals surface area (Å²) in [7, 11) is -2.71. The van der Waals surface area contributed by atoms with Crippen molar-refractivity contribution in [1.29, 1.82) is 0 Å². The number of aryl methyl sites for hydroxylation is 1. The molecular weight excluding hydrogens is 398 g/mol. The number of methoxy groups -OCH3 is 1. The largest absolute Gasteiger partial charge is 0.500 e. The number of hydrazone groups is 1. The molecule has 0 unspecified atom stereocenters. The highest BCUT2D eigenvalue weighted by Gasteiger charge is 2.22. The average molecular weight is 421 g/mol. The Morgan fingerprint density at radius 2 is 1.90 bits per heavy atom. The summed E-state index contributed by atoms with van der Waals surface area (Å²) in [5.74, 6) is -0.748. The molecular formula is C19H23N3O6S. The fraction of sp³-hybridized carbons (Fsp3) is 0.316. The minimum absolute atomic E-state index is 0.0938. The van der Waals surface area contributed by atoms with Gasteiger partial charge in [-0.05, 0) is 35.6 Å². The van der Waals surface area contributed by atoms with Gasteiger partial charge in [0.05, 0.1) is 23.1 Å². The number of rotatable bonds is 6. The second-order valence-corrected chi connectivity index (χ2v) is 9.06. The van der Waals surface area contributed by atoms with Gasteiger partial charge in [-0.25, -0.2) is 4.83 Å². The first-order valence-corrected chi connectivity index (χ1v) is 10.1. The zero-order chi connectivity index (χ0) is 22.0. The van der Waals surface area contributed by atoms with E-state index < -0.39 is 26.4 Å². The van der Waals surface area contributed by atoms with Gasteiger partial charge in [0.15, 0.2) is 5.75 Å². The van der Waals surface area contributed by atoms with Crippen molar-refractivity contribution < 1.29 is 23.2 Å². The second-order valence-electron chi connectivity index (χ2n) is 7.43. The quantitative estimate of drug-likeness (QED) is 0.418. The minimum atomic E-state index is -3.96. The number of phenols is 1. The van der Waals surface area contributed by atoms with Crippen LogP contribution in [0.5, 0.6) is 11.5 Å². The van der Waals surface area contributed by atoms with Crippen molar-refractivity contribution in [3.05, 3.63) is 57.1 Å². The van der Waals surface area contributed by atoms with Crippen molar-refractivity contribution in [2.45, 2.75) is 38.0 Å². The number of hydrogen-bond acceptors (Lipinski definition) is 7. The van der Waals surface area contributed by atoms with Gasteiger partial charge in [0.25, 0.3) is 10.0 Å². The molecule has 0 amide bonds. The molecule has 0 bridgehead atoms. The fourth-order valence-corrected chi connectivity index (χ4v) is 3.62. The first-order chi connectivity index (χ1) is 13.4. The molecule has 0 aliphatic carbocycles. The maximum absolute atomic E-state index is 12.7. The summed E-state index contributed by atoms with van der Waals surface area (Å²) in [5, 5.41) is 24.5. The molecule has 0 atom stereocenters. The van der Waals surface area contributed by atoms with Crippen LogP contribution in [0.2, 0.25) is 0 Å². The molecule has 0 fully saturated rings. The molecule has 2 rings (SSSR count). The number of nitrogens with zero attached hydrogens (tertiary/aromatic N) is 2. The number of phenolic OH excluding ortho intramolecular Hbond substituents is 1. The molecule has 2 aromatic rings. The van der Waals surface area contributed by atoms with Crippen molar-refractivity contribution in [3.63, 3.8) is 0 Å². The Bertz CT molecular complexity index is 1070. The lowest BCUT2D eigenvalue weighted by Crippen LogP contribution is -2.21. The molecule has 0 spiro atoms. The third-order valence-corrected chi connectivity index (χ3v) is 5.59. The number of aromatic hydroxyl groups is 1. The zero-order valence-electron chi connectivity index (χ0n) is 16.8. The molecule has 0 aromatic heterocycles. The fourth-order valence-electron chi connectivity index (χ4n) is 2.56. The monoisotopic (exact) mass is 421 g/mol. The zero-order valence-corrected chi connectivity index (χ0v) is 17.6. The van der Waals surface area contributed by atoms with Gasteiger partial charge in [0.1, 0.15) is 0 Å². The normalized spacial score (nSPS) is 12.2. The van der Waals surface area contributed by atoms with Crippen LogP contribution in [0.15, 0.2) is 40.3 Å². The maximum Gasteiger partial charge on any atom is 0.315 e. The molecule has 156 valence electrons. The molecule has 29 heavy (non-hydrogen) atoms. The first kappa shape index (κ1) is 22.2. The topological polar surface area (TPSA) is 131 Å². The van der Waals surface area contributed by atoms with Gasteiger partial charge in [-0.1, -0.05) is 32.9 Å². The summed E-state index contributed by atoms with van der Waals surface area (Å²) in [6, 6.07) is 7.56. The summed E-state index contributed by atoms with van der Waals surface area (Å²) in [4.78, 5) is 12.5. The third kappa shape index (κ3) is 5.02. The summed E-state index contributed by atoms with van der Waals surface area (Å²) in [5.41, 5.74) is 0.772. The molecule has 0 heterocycles. The van der Waals surface area contributed by atoms with E-state index in [1.807, 2.05) is 26.8 Å². The SMILES string of the molecule is COc1cc(/C=N/NS(=O)(=O)c2cc(C(C)(C)C)ccc2C)cc([N+](=O)[O-])c1O. The second kappa shape index (κ2) is 8.08. The van der Waals surface area contributed by atoms with Gasteiger partial charge in [-0.15, -0.1) is 0 Å². The lowest BCUT2D eigenvalue weighted by Gasteiger charge is -2.20. The Labute approximate surface area is 169 Å². The van der Waals surface area contributed by atoms with Gasteiger partial charge in [0.2, 0.25) is 5.75 Å². The molecule has 2 aromatic carbocycles. The van der Waals surface area contributed by atoms with E-state index in [0.29, 0.717) is 5.56 Å². The van der Waals surface area contributed by atoms with Gasteiger partial charge in [0, 0.05) is 11.6 Å². The predicted octanol–water partition coefficient (Wildman–Crippen LogP) is 3.23. The standard InChI is InChI=1S/C19H23N3O6S/c1-12-6-7-14(19(2,3)4)10-17(12)29(26,27)21-20-11-13-8-15(22(24)25)18(23)16(9-13)28-5/h6-11,21,23H,1-5H3/b20-11+. The number of benzene rings is 2. The van der Waals surface area contributed by atoms with E-state index in [-0.39, 0.29) is 21.6 Å². The Kier molecular flexibility index (Phi) is 6.17. The average Bonchev–Trinajstić information content (AvgIpc) is 2.61. The Morgan fingerprint density at radius 1 is 1.24 bits per heavy atom. The Morgan fingerprint density at radius 3 is 2.45 bits per heavy atom. The molecule has 0 saturated heterocycles. The summed E-state index contributed by atoms with van der Waals surface area (Å²) >= 11 is 0. The van der Waals surface area contributed by atoms with E-state index in [1.54, 1.807) is 19.1 Å². The van der Waals surface area contributed by atoms with Crippen LogP contribution in [-0.2, 0) is 15.4 Å². The Balaban J connectivity index is 2.35. The first-order valence-electron chi connectivity index (χ1n) is 8.58. The minimum Gasteiger partial charge on any atom is -0.500 e. The summed E-state index contributed by atoms with van der Waals surface area (Å²) in [6.45, 7) is 7.61. The van der Waals surface area contributed by atoms with Crippen LogP contribution in [0.4, 0.5) is 5.69 Å². The highest BCUT2D eigenvalue weighted by molar-refractivity contribution is 7.89. The van der Waals surface area contributed by atoms with Crippen LogP contribution in [0.3, 0.4) is 0 Å². The molecule has 0 aliphatic heterocycles. The van der Waals surface area contributed by atoms with Crippen molar-refractivity contribution in [2.75, 3.05) is 7.11 Å². The highest BCUT2D eigenvalue weighted by Crippen LogP contribution is 2.36. The molecule has 9 nitrogen and oxygen atoms in total. The van der Waals surface area contributed by atoms with E-state index in [1.165, 1.54) is 13.2 Å². The highest BCUT2D eigenvalue weighted by atomic mass is 32.2. The van der Waals surface area contributed by atoms with E-state index in [4.69, 9.17) is 4.74 Å². The van der Waals surface area contributed by atoms with Crippen molar-refractivity contribution in [3.8, 4) is 11.5 Å². The van der Waals surface area contributed by atoms with E-state index >= 15 is 0 Å². The maximum atomic E-state index is 12.7. The van der Waals surface area contributed by atoms with Crippen molar-refractivity contribution >= 4 is 21.9 Å². The van der Waals surface area contributed by atoms with Gasteiger partial charge in [-0.3, -0.25) is 10.1 Å². The van der Waals surface area contributed by atoms with Gasteiger partial charge >= 0.3 is 5.69 Å². The van der Waals surface area contributed by atoms with Crippen LogP contribution in [0, 0.1) is 17.0 Å². The number of nitro groups is 1. The van der Waals surface area contributed by atoms with E-state index in [0.717, 1.165) is 17.8 Å². The van der Waals surface area contributed by atoms with Crippen LogP contribution in [0.25, 0.3) is 0 Å². The number of ether oxygens (including phenoxy) is 1. The number of hydrogen-bond donors (Lipinski definition) is 2. The van der Waals surface area contributed by atoms with Crippen LogP contribution in [0.1, 0.15) is 37.5 Å². The predicted molar refractivity (Wildman–Crippen MR) is 109 cm³/mol. The number of sulfonamides is 1. The van der Waals surface area contributed by atoms with Crippen LogP contribution in [-0.4, -0.2) is 31.8 Å². The van der Waals surface area contributed by atoms with E-state index in [2.05, 4.69) is 9.93 Å². The molecule has 10 heteroatoms. The lowest BCUT2D eigenvalue weighted by atomic mass is 9.87. The van der Waals surface area contributed by atoms with Gasteiger partial charge < -0.3 is 9.84 Å². The van der Waals surface area contributed by atoms with Crippen molar-refractivity contribution in [1.82, 2.24) is 4.83 Å². The molecule has 2 N–H and O–H groups in total. The van der Waals surface area contributed by atoms with Crippen LogP contribution >= 0.6 is 0 Å². The smallest absolute Gasteiger partial charge is 0.315 e. The molecule has 0 aliphatic rings. The van der Waals surface area contributed by atoms with Gasteiger partial charge in [-0.2, -0.15) is 13.5 Å². The molecule has 0 radical (unpaired) electrons. The Hall–Kier alpha value is -3.14. The lowest BCUT2D eigenvalue weighted by molar-refractivity contribution is -0.386. The molecule has 0 saturated carbocycles. The number of nitrogens with one attached hydrogen (secondary N) is 1. The number of nitro benzene ring substituents is 1. The van der Waals surface area contributed by atoms with Crippen molar-refractivity contribution in [2.24, 2.45) is 5.10 Å². The van der Waals surface area contributed by atoms with E-state index in [9.17, 15) is 23.6 Å². The summed E-state index contributed by atoms with van der Waals surface area (Å²) < 4.78 is 30.3.